The van der Waals surface area contributed by atoms with Crippen molar-refractivity contribution in [3.8, 4) is 0 Å². The molecule has 0 saturated carbocycles. The Hall–Kier alpha value is -3.40. The molecule has 2 atom stereocenters. The number of rotatable bonds is 5. The lowest BCUT2D eigenvalue weighted by molar-refractivity contribution is -0.137. The summed E-state index contributed by atoms with van der Waals surface area (Å²) in [4.78, 5) is 40.9. The van der Waals surface area contributed by atoms with Crippen LogP contribution in [0.15, 0.2) is 48.5 Å². The summed E-state index contributed by atoms with van der Waals surface area (Å²) >= 11 is 0. The summed E-state index contributed by atoms with van der Waals surface area (Å²) in [5.74, 6) is -1.06. The van der Waals surface area contributed by atoms with Gasteiger partial charge in [-0.15, -0.1) is 0 Å². The second-order valence-electron chi connectivity index (χ2n) is 8.04. The molecule has 3 rings (SSSR count). The summed E-state index contributed by atoms with van der Waals surface area (Å²) in [7, 11) is 1.58. The Bertz CT molecular complexity index is 1060. The number of benzene rings is 2. The van der Waals surface area contributed by atoms with Crippen molar-refractivity contribution in [3.05, 3.63) is 54.1 Å². The van der Waals surface area contributed by atoms with Gasteiger partial charge in [0.15, 0.2) is 0 Å². The topological polar surface area (TPSA) is 81.8 Å². The van der Waals surface area contributed by atoms with Crippen LogP contribution in [0.25, 0.3) is 0 Å². The van der Waals surface area contributed by atoms with Crippen LogP contribution in [0.5, 0.6) is 0 Å². The summed E-state index contributed by atoms with van der Waals surface area (Å²) in [5.41, 5.74) is 0.239. The van der Waals surface area contributed by atoms with E-state index in [2.05, 4.69) is 10.6 Å². The number of anilines is 3. The molecule has 0 bridgehead atoms. The van der Waals surface area contributed by atoms with Gasteiger partial charge in [0.25, 0.3) is 0 Å². The monoisotopic (exact) mass is 462 g/mol. The molecule has 1 aliphatic heterocycles. The quantitative estimate of drug-likeness (QED) is 0.710. The number of hydrogen-bond donors (Lipinski definition) is 2. The van der Waals surface area contributed by atoms with E-state index in [0.717, 1.165) is 12.1 Å². The van der Waals surface area contributed by atoms with E-state index in [1.807, 2.05) is 0 Å². The number of likely N-dealkylation sites (N-methyl/N-ethyl adjacent to an activating group) is 1. The van der Waals surface area contributed by atoms with Crippen LogP contribution in [0.4, 0.5) is 30.2 Å². The number of fused-ring (bicyclic) bond motifs is 1. The first-order valence-electron chi connectivity index (χ1n) is 10.4. The number of nitrogens with zero attached hydrogens (tertiary/aromatic N) is 2. The highest BCUT2D eigenvalue weighted by Gasteiger charge is 2.32. The Morgan fingerprint density at radius 2 is 1.91 bits per heavy atom. The Morgan fingerprint density at radius 3 is 2.61 bits per heavy atom. The average Bonchev–Trinajstić information content (AvgIpc) is 2.86. The van der Waals surface area contributed by atoms with Gasteiger partial charge in [-0.05, 0) is 51.2 Å². The predicted octanol–water partition coefficient (Wildman–Crippen LogP) is 3.73. The van der Waals surface area contributed by atoms with Gasteiger partial charge in [0, 0.05) is 18.2 Å². The molecule has 0 aromatic heterocycles. The third-order valence-corrected chi connectivity index (χ3v) is 5.51. The van der Waals surface area contributed by atoms with Crippen LogP contribution >= 0.6 is 0 Å². The summed E-state index contributed by atoms with van der Waals surface area (Å²) in [6.45, 7) is 3.19. The minimum atomic E-state index is -4.52. The van der Waals surface area contributed by atoms with Crippen molar-refractivity contribution in [2.75, 3.05) is 29.1 Å². The molecule has 33 heavy (non-hydrogen) atoms. The Kier molecular flexibility index (Phi) is 7.06. The van der Waals surface area contributed by atoms with Crippen LogP contribution in [0, 0.1) is 0 Å². The zero-order valence-corrected chi connectivity index (χ0v) is 18.4. The lowest BCUT2D eigenvalue weighted by Crippen LogP contribution is -2.48. The fourth-order valence-corrected chi connectivity index (χ4v) is 3.61. The van der Waals surface area contributed by atoms with E-state index in [1.165, 1.54) is 21.9 Å². The average molecular weight is 462 g/mol. The van der Waals surface area contributed by atoms with Crippen molar-refractivity contribution in [1.82, 2.24) is 4.90 Å². The molecule has 2 aromatic rings. The van der Waals surface area contributed by atoms with Gasteiger partial charge >= 0.3 is 6.18 Å². The van der Waals surface area contributed by atoms with Gasteiger partial charge in [-0.1, -0.05) is 18.2 Å². The fourth-order valence-electron chi connectivity index (χ4n) is 3.61. The predicted molar refractivity (Wildman–Crippen MR) is 119 cm³/mol. The molecule has 2 unspecified atom stereocenters. The molecule has 2 aromatic carbocycles. The van der Waals surface area contributed by atoms with Crippen LogP contribution < -0.4 is 15.5 Å². The standard InChI is InChI=1S/C23H25F3N4O3/c1-14-11-20(31)28-18-9-4-5-10-19(18)30(14)21(32)13-29(3)15(2)22(33)27-17-8-6-7-16(12-17)23(24,25)26/h4-10,12,14-15H,11,13H2,1-3H3,(H,27,33)(H,28,31). The molecule has 3 amide bonds. The maximum absolute atomic E-state index is 13.2. The van der Waals surface area contributed by atoms with Gasteiger partial charge in [0.05, 0.1) is 29.5 Å². The summed E-state index contributed by atoms with van der Waals surface area (Å²) in [6.07, 6.45) is -4.40. The van der Waals surface area contributed by atoms with Crippen LogP contribution in [0.3, 0.4) is 0 Å². The van der Waals surface area contributed by atoms with E-state index in [0.29, 0.717) is 11.4 Å². The lowest BCUT2D eigenvalue weighted by Gasteiger charge is -2.31. The second kappa shape index (κ2) is 9.62. The van der Waals surface area contributed by atoms with Crippen molar-refractivity contribution in [3.63, 3.8) is 0 Å². The zero-order chi connectivity index (χ0) is 24.3. The number of alkyl halides is 3. The first-order valence-corrected chi connectivity index (χ1v) is 10.4. The largest absolute Gasteiger partial charge is 0.416 e. The maximum atomic E-state index is 13.2. The van der Waals surface area contributed by atoms with E-state index in [4.69, 9.17) is 0 Å². The highest BCUT2D eigenvalue weighted by Crippen LogP contribution is 2.32. The molecule has 0 fully saturated rings. The molecule has 2 N–H and O–H groups in total. The fraction of sp³-hybridized carbons (Fsp3) is 0.348. The van der Waals surface area contributed by atoms with E-state index in [-0.39, 0.29) is 30.5 Å². The van der Waals surface area contributed by atoms with E-state index < -0.39 is 29.7 Å². The minimum absolute atomic E-state index is 0.0149. The van der Waals surface area contributed by atoms with Crippen molar-refractivity contribution >= 4 is 34.8 Å². The molecule has 176 valence electrons. The van der Waals surface area contributed by atoms with Crippen molar-refractivity contribution in [1.29, 1.82) is 0 Å². The first-order chi connectivity index (χ1) is 15.5. The van der Waals surface area contributed by atoms with Gasteiger partial charge in [0.2, 0.25) is 17.7 Å². The summed E-state index contributed by atoms with van der Waals surface area (Å²) in [5, 5.41) is 5.25. The normalized spacial score (nSPS) is 17.1. The third-order valence-electron chi connectivity index (χ3n) is 5.51. The van der Waals surface area contributed by atoms with E-state index in [1.54, 1.807) is 45.2 Å². The molecule has 0 aliphatic carbocycles. The number of para-hydroxylation sites is 2. The first kappa shape index (κ1) is 24.2. The van der Waals surface area contributed by atoms with Gasteiger partial charge in [0.1, 0.15) is 0 Å². The maximum Gasteiger partial charge on any atom is 0.416 e. The second-order valence-corrected chi connectivity index (χ2v) is 8.04. The highest BCUT2D eigenvalue weighted by atomic mass is 19.4. The molecule has 0 saturated heterocycles. The van der Waals surface area contributed by atoms with Crippen LogP contribution in [0.2, 0.25) is 0 Å². The molecule has 7 nitrogen and oxygen atoms in total. The van der Waals surface area contributed by atoms with E-state index >= 15 is 0 Å². The number of nitrogens with one attached hydrogen (secondary N) is 2. The number of hydrogen-bond acceptors (Lipinski definition) is 4. The summed E-state index contributed by atoms with van der Waals surface area (Å²) < 4.78 is 38.7. The van der Waals surface area contributed by atoms with Crippen molar-refractivity contribution in [2.24, 2.45) is 0 Å². The summed E-state index contributed by atoms with van der Waals surface area (Å²) in [6, 6.07) is 10.1. The van der Waals surface area contributed by atoms with Gasteiger partial charge in [-0.2, -0.15) is 13.2 Å². The van der Waals surface area contributed by atoms with Crippen molar-refractivity contribution in [2.45, 2.75) is 38.5 Å². The van der Waals surface area contributed by atoms with Gasteiger partial charge in [-0.3, -0.25) is 19.3 Å². The van der Waals surface area contributed by atoms with Crippen LogP contribution in [-0.4, -0.2) is 48.3 Å². The zero-order valence-electron chi connectivity index (χ0n) is 18.4. The Morgan fingerprint density at radius 1 is 1.21 bits per heavy atom. The number of carbonyl (C=O) groups excluding carboxylic acids is 3. The smallest absolute Gasteiger partial charge is 0.325 e. The molecular formula is C23H25F3N4O3. The van der Waals surface area contributed by atoms with Crippen LogP contribution in [0.1, 0.15) is 25.8 Å². The highest BCUT2D eigenvalue weighted by molar-refractivity contribution is 6.05. The SMILES string of the molecule is CC(C(=O)Nc1cccc(C(F)(F)F)c1)N(C)CC(=O)N1c2ccccc2NC(=O)CC1C. The molecule has 0 spiro atoms. The molecule has 0 radical (unpaired) electrons. The molecule has 1 heterocycles. The molecular weight excluding hydrogens is 437 g/mol. The number of halogens is 3. The molecule has 10 heteroatoms. The molecule has 1 aliphatic rings. The number of carbonyl (C=O) groups is 3. The van der Waals surface area contributed by atoms with Crippen LogP contribution in [-0.2, 0) is 20.6 Å². The van der Waals surface area contributed by atoms with Gasteiger partial charge < -0.3 is 15.5 Å². The Labute approximate surface area is 189 Å². The third kappa shape index (κ3) is 5.70. The van der Waals surface area contributed by atoms with Crippen molar-refractivity contribution < 1.29 is 27.6 Å². The number of amides is 3. The van der Waals surface area contributed by atoms with Gasteiger partial charge in [-0.25, -0.2) is 0 Å². The lowest BCUT2D eigenvalue weighted by atomic mass is 10.1. The Balaban J connectivity index is 1.70. The minimum Gasteiger partial charge on any atom is -0.325 e. The van der Waals surface area contributed by atoms with E-state index in [9.17, 15) is 27.6 Å².